The molecule has 9 heteroatoms. The van der Waals surface area contributed by atoms with Crippen LogP contribution in [0.25, 0.3) is 22.6 Å². The van der Waals surface area contributed by atoms with E-state index in [1.54, 1.807) is 0 Å². The van der Waals surface area contributed by atoms with Gasteiger partial charge in [0.25, 0.3) is 0 Å². The molecule has 41 heavy (non-hydrogen) atoms. The number of carbonyl (C=O) groups is 1. The number of carbonyl (C=O) groups excluding carboxylic acids is 1. The van der Waals surface area contributed by atoms with Gasteiger partial charge in [-0.1, -0.05) is 42.5 Å². The van der Waals surface area contributed by atoms with Crippen molar-refractivity contribution in [1.82, 2.24) is 14.9 Å². The van der Waals surface area contributed by atoms with Crippen molar-refractivity contribution >= 4 is 28.9 Å². The van der Waals surface area contributed by atoms with Crippen molar-refractivity contribution in [2.75, 3.05) is 80.0 Å². The molecular weight excluding hydrogens is 514 g/mol. The average molecular weight is 550 g/mol. The molecule has 2 fully saturated rings. The number of urea groups is 1. The van der Waals surface area contributed by atoms with Gasteiger partial charge >= 0.3 is 6.03 Å². The van der Waals surface area contributed by atoms with Gasteiger partial charge in [0, 0.05) is 73.5 Å². The maximum atomic E-state index is 12.7. The molecule has 0 aliphatic carbocycles. The first-order valence-electron chi connectivity index (χ1n) is 14.1. The van der Waals surface area contributed by atoms with E-state index in [0.29, 0.717) is 24.7 Å². The number of likely N-dealkylation sites (N-methyl/N-ethyl adjacent to an activating group) is 1. The fourth-order valence-electron chi connectivity index (χ4n) is 5.09. The number of ether oxygens (including phenoxy) is 1. The van der Waals surface area contributed by atoms with Crippen molar-refractivity contribution in [3.05, 3.63) is 84.9 Å². The second kappa shape index (κ2) is 12.4. The van der Waals surface area contributed by atoms with E-state index in [9.17, 15) is 4.79 Å². The van der Waals surface area contributed by atoms with Crippen molar-refractivity contribution in [3.63, 3.8) is 0 Å². The minimum atomic E-state index is -0.284. The summed E-state index contributed by atoms with van der Waals surface area (Å²) in [6, 6.07) is 27.5. The van der Waals surface area contributed by atoms with Crippen LogP contribution in [0.1, 0.15) is 0 Å². The summed E-state index contributed by atoms with van der Waals surface area (Å²) in [5, 5.41) is 5.86. The molecule has 2 aliphatic heterocycles. The zero-order valence-corrected chi connectivity index (χ0v) is 23.3. The van der Waals surface area contributed by atoms with Crippen LogP contribution in [0.2, 0.25) is 0 Å². The Balaban J connectivity index is 1.13. The smallest absolute Gasteiger partial charge is 0.323 e. The Morgan fingerprint density at radius 2 is 1.34 bits per heavy atom. The molecule has 3 heterocycles. The van der Waals surface area contributed by atoms with Gasteiger partial charge in [0.1, 0.15) is 5.82 Å². The van der Waals surface area contributed by atoms with Gasteiger partial charge in [0.2, 0.25) is 0 Å². The van der Waals surface area contributed by atoms with Crippen molar-refractivity contribution < 1.29 is 9.53 Å². The normalized spacial score (nSPS) is 15.9. The summed E-state index contributed by atoms with van der Waals surface area (Å²) in [4.78, 5) is 29.4. The molecule has 3 aromatic carbocycles. The molecule has 2 saturated heterocycles. The first-order chi connectivity index (χ1) is 20.1. The predicted octanol–water partition coefficient (Wildman–Crippen LogP) is 5.04. The topological polar surface area (TPSA) is 85.9 Å². The number of anilines is 4. The molecule has 0 unspecified atom stereocenters. The molecule has 0 atom stereocenters. The summed E-state index contributed by atoms with van der Waals surface area (Å²) >= 11 is 0. The molecule has 0 bridgehead atoms. The van der Waals surface area contributed by atoms with Gasteiger partial charge in [-0.3, -0.25) is 0 Å². The molecule has 0 spiro atoms. The van der Waals surface area contributed by atoms with Gasteiger partial charge in [0.05, 0.1) is 18.9 Å². The molecular formula is C32H35N7O2. The van der Waals surface area contributed by atoms with E-state index >= 15 is 0 Å². The van der Waals surface area contributed by atoms with Crippen LogP contribution in [0.15, 0.2) is 84.9 Å². The molecule has 4 aromatic rings. The number of nitrogens with one attached hydrogen (secondary N) is 2. The minimum Gasteiger partial charge on any atom is -0.378 e. The van der Waals surface area contributed by atoms with E-state index in [1.165, 1.54) is 5.69 Å². The Kier molecular flexibility index (Phi) is 8.06. The first-order valence-corrected chi connectivity index (χ1v) is 14.1. The number of amides is 2. The van der Waals surface area contributed by atoms with Crippen LogP contribution in [-0.4, -0.2) is 80.4 Å². The number of benzene rings is 3. The van der Waals surface area contributed by atoms with Gasteiger partial charge in [-0.2, -0.15) is 0 Å². The third kappa shape index (κ3) is 6.65. The van der Waals surface area contributed by atoms with Crippen LogP contribution in [0.5, 0.6) is 0 Å². The second-order valence-corrected chi connectivity index (χ2v) is 10.4. The largest absolute Gasteiger partial charge is 0.378 e. The Morgan fingerprint density at radius 3 is 2.00 bits per heavy atom. The van der Waals surface area contributed by atoms with Crippen LogP contribution < -0.4 is 20.4 Å². The molecule has 6 rings (SSSR count). The van der Waals surface area contributed by atoms with Crippen molar-refractivity contribution in [3.8, 4) is 22.6 Å². The van der Waals surface area contributed by atoms with Gasteiger partial charge in [0.15, 0.2) is 5.82 Å². The average Bonchev–Trinajstić information content (AvgIpc) is 3.03. The summed E-state index contributed by atoms with van der Waals surface area (Å²) in [5.41, 5.74) is 5.38. The summed E-state index contributed by atoms with van der Waals surface area (Å²) in [6.07, 6.45) is 0. The van der Waals surface area contributed by atoms with Crippen molar-refractivity contribution in [2.24, 2.45) is 0 Å². The van der Waals surface area contributed by atoms with Crippen LogP contribution >= 0.6 is 0 Å². The van der Waals surface area contributed by atoms with E-state index in [1.807, 2.05) is 72.8 Å². The highest BCUT2D eigenvalue weighted by atomic mass is 16.5. The lowest BCUT2D eigenvalue weighted by atomic mass is 10.1. The van der Waals surface area contributed by atoms with Gasteiger partial charge in [-0.05, 0) is 43.4 Å². The van der Waals surface area contributed by atoms with E-state index in [0.717, 1.165) is 67.6 Å². The predicted molar refractivity (Wildman–Crippen MR) is 165 cm³/mol. The number of morpholine rings is 1. The highest BCUT2D eigenvalue weighted by Gasteiger charge is 2.17. The van der Waals surface area contributed by atoms with Gasteiger partial charge < -0.3 is 30.1 Å². The number of hydrogen-bond acceptors (Lipinski definition) is 7. The Morgan fingerprint density at radius 1 is 0.707 bits per heavy atom. The van der Waals surface area contributed by atoms with Crippen LogP contribution in [-0.2, 0) is 4.74 Å². The summed E-state index contributed by atoms with van der Waals surface area (Å²) in [6.45, 7) is 7.09. The number of aromatic nitrogens is 2. The number of piperazine rings is 1. The van der Waals surface area contributed by atoms with E-state index in [-0.39, 0.29) is 6.03 Å². The molecule has 2 aliphatic rings. The Labute approximate surface area is 240 Å². The number of nitrogens with zero attached hydrogens (tertiary/aromatic N) is 5. The van der Waals surface area contributed by atoms with Crippen LogP contribution in [0.4, 0.5) is 27.7 Å². The lowest BCUT2D eigenvalue weighted by molar-refractivity contribution is 0.122. The fraction of sp³-hybridized carbons (Fsp3) is 0.281. The second-order valence-electron chi connectivity index (χ2n) is 10.4. The van der Waals surface area contributed by atoms with Crippen LogP contribution in [0.3, 0.4) is 0 Å². The first kappa shape index (κ1) is 26.7. The molecule has 9 nitrogen and oxygen atoms in total. The number of hydrogen-bond donors (Lipinski definition) is 2. The quantitative estimate of drug-likeness (QED) is 0.348. The molecule has 2 amide bonds. The van der Waals surface area contributed by atoms with Crippen molar-refractivity contribution in [2.45, 2.75) is 0 Å². The molecule has 0 saturated carbocycles. The monoisotopic (exact) mass is 549 g/mol. The molecule has 210 valence electrons. The maximum absolute atomic E-state index is 12.7. The van der Waals surface area contributed by atoms with Gasteiger partial charge in [-0.15, -0.1) is 0 Å². The molecule has 1 aromatic heterocycles. The summed E-state index contributed by atoms with van der Waals surface area (Å²) < 4.78 is 5.54. The van der Waals surface area contributed by atoms with E-state index in [4.69, 9.17) is 14.7 Å². The SMILES string of the molecule is CN1CCN(c2ccc(NC(=O)Nc3ccc(-c4cc(N5CCOCC5)nc(-c5ccccc5)n4)cc3)cc2)CC1. The standard InChI is InChI=1S/C32H35N7O2/c1-37-15-17-38(18-16-37)28-13-11-27(12-14-28)34-32(40)33-26-9-7-24(8-10-26)29-23-30(39-19-21-41-22-20-39)36-31(35-29)25-5-3-2-4-6-25/h2-14,23H,15-22H2,1H3,(H2,33,34,40). The minimum absolute atomic E-state index is 0.284. The summed E-state index contributed by atoms with van der Waals surface area (Å²) in [7, 11) is 2.15. The Bertz CT molecular complexity index is 1450. The zero-order valence-electron chi connectivity index (χ0n) is 23.3. The van der Waals surface area contributed by atoms with Gasteiger partial charge in [-0.25, -0.2) is 14.8 Å². The lowest BCUT2D eigenvalue weighted by Gasteiger charge is -2.34. The highest BCUT2D eigenvalue weighted by Crippen LogP contribution is 2.28. The zero-order chi connectivity index (χ0) is 28.0. The Hall–Kier alpha value is -4.47. The third-order valence-corrected chi connectivity index (χ3v) is 7.51. The van der Waals surface area contributed by atoms with Crippen LogP contribution in [0, 0.1) is 0 Å². The van der Waals surface area contributed by atoms with E-state index in [2.05, 4.69) is 44.5 Å². The lowest BCUT2D eigenvalue weighted by Crippen LogP contribution is -2.44. The molecule has 2 N–H and O–H groups in total. The van der Waals surface area contributed by atoms with E-state index < -0.39 is 0 Å². The molecule has 0 radical (unpaired) electrons. The number of rotatable bonds is 6. The third-order valence-electron chi connectivity index (χ3n) is 7.51. The summed E-state index contributed by atoms with van der Waals surface area (Å²) in [5.74, 6) is 1.57. The maximum Gasteiger partial charge on any atom is 0.323 e. The van der Waals surface area contributed by atoms with Crippen molar-refractivity contribution in [1.29, 1.82) is 0 Å². The highest BCUT2D eigenvalue weighted by molar-refractivity contribution is 6.00. The fourth-order valence-corrected chi connectivity index (χ4v) is 5.09.